The van der Waals surface area contributed by atoms with Gasteiger partial charge in [0.25, 0.3) is 5.56 Å². The van der Waals surface area contributed by atoms with Gasteiger partial charge >= 0.3 is 11.7 Å². The molecule has 2 aromatic carbocycles. The number of esters is 1. The number of nitrogens with zero attached hydrogens (tertiary/aromatic N) is 2. The predicted octanol–water partition coefficient (Wildman–Crippen LogP) is 3.96. The van der Waals surface area contributed by atoms with Gasteiger partial charge in [0.05, 0.1) is 22.5 Å². The van der Waals surface area contributed by atoms with Crippen LogP contribution in [-0.2, 0) is 24.9 Å². The van der Waals surface area contributed by atoms with Crippen molar-refractivity contribution in [3.63, 3.8) is 0 Å². The van der Waals surface area contributed by atoms with Crippen LogP contribution in [-0.4, -0.2) is 15.1 Å². The van der Waals surface area contributed by atoms with E-state index in [0.717, 1.165) is 21.5 Å². The highest BCUT2D eigenvalue weighted by Gasteiger charge is 2.22. The Morgan fingerprint density at radius 1 is 1.13 bits per heavy atom. The van der Waals surface area contributed by atoms with E-state index in [1.54, 1.807) is 12.1 Å². The highest BCUT2D eigenvalue weighted by molar-refractivity contribution is 7.17. The second-order valence-corrected chi connectivity index (χ2v) is 8.09. The molecule has 0 atom stereocenters. The Balaban J connectivity index is 1.73. The van der Waals surface area contributed by atoms with Crippen molar-refractivity contribution < 1.29 is 13.9 Å². The Hall–Kier alpha value is -3.23. The summed E-state index contributed by atoms with van der Waals surface area (Å²) in [5.74, 6) is -1.39. The van der Waals surface area contributed by atoms with Crippen LogP contribution in [0.5, 0.6) is 0 Å². The second-order valence-electron chi connectivity index (χ2n) is 6.82. The van der Waals surface area contributed by atoms with E-state index in [1.165, 1.54) is 35.2 Å². The van der Waals surface area contributed by atoms with E-state index >= 15 is 0 Å². The van der Waals surface area contributed by atoms with Crippen LogP contribution in [0.3, 0.4) is 0 Å². The third kappa shape index (κ3) is 3.92. The summed E-state index contributed by atoms with van der Waals surface area (Å²) in [6.45, 7) is -0.316. The van der Waals surface area contributed by atoms with Gasteiger partial charge in [0.1, 0.15) is 17.3 Å². The molecule has 0 radical (unpaired) electrons. The van der Waals surface area contributed by atoms with Crippen molar-refractivity contribution in [3.05, 3.63) is 102 Å². The van der Waals surface area contributed by atoms with Crippen LogP contribution in [0.4, 0.5) is 4.39 Å². The lowest BCUT2D eigenvalue weighted by Gasteiger charge is -2.10. The molecule has 0 aliphatic heterocycles. The molecule has 6 nitrogen and oxygen atoms in total. The SMILES string of the molecule is Cn1c(=O)n(Cc2ccccc2)c(=O)c2c(C(=O)OCc3c(F)cccc3Cl)csc21. The van der Waals surface area contributed by atoms with Crippen LogP contribution in [0.15, 0.2) is 63.5 Å². The fourth-order valence-corrected chi connectivity index (χ4v) is 4.44. The number of aryl methyl sites for hydroxylation is 1. The van der Waals surface area contributed by atoms with Crippen LogP contribution >= 0.6 is 22.9 Å². The lowest BCUT2D eigenvalue weighted by molar-refractivity contribution is 0.0472. The van der Waals surface area contributed by atoms with Crippen LogP contribution in [0.1, 0.15) is 21.5 Å². The Morgan fingerprint density at radius 3 is 2.58 bits per heavy atom. The summed E-state index contributed by atoms with van der Waals surface area (Å²) in [4.78, 5) is 38.9. The average Bonchev–Trinajstić information content (AvgIpc) is 3.21. The van der Waals surface area contributed by atoms with E-state index in [9.17, 15) is 18.8 Å². The first-order valence-corrected chi connectivity index (χ1v) is 10.5. The number of ether oxygens (including phenoxy) is 1. The molecule has 0 N–H and O–H groups in total. The molecule has 0 amide bonds. The maximum absolute atomic E-state index is 14.0. The average molecular weight is 459 g/mol. The molecular formula is C22H16ClFN2O4S. The Bertz CT molecular complexity index is 1390. The van der Waals surface area contributed by atoms with Gasteiger partial charge in [-0.15, -0.1) is 11.3 Å². The predicted molar refractivity (Wildman–Crippen MR) is 117 cm³/mol. The van der Waals surface area contributed by atoms with Gasteiger partial charge in [0, 0.05) is 18.0 Å². The number of carbonyl (C=O) groups excluding carboxylic acids is 1. The van der Waals surface area contributed by atoms with Crippen molar-refractivity contribution in [1.29, 1.82) is 0 Å². The number of rotatable bonds is 5. The summed E-state index contributed by atoms with van der Waals surface area (Å²) in [6.07, 6.45) is 0. The molecule has 0 aliphatic carbocycles. The molecule has 0 unspecified atom stereocenters. The Kier molecular flexibility index (Phi) is 5.75. The van der Waals surface area contributed by atoms with E-state index in [1.807, 2.05) is 18.2 Å². The molecule has 4 aromatic rings. The van der Waals surface area contributed by atoms with Gasteiger partial charge in [0.2, 0.25) is 0 Å². The molecule has 0 aliphatic rings. The van der Waals surface area contributed by atoms with Gasteiger partial charge in [-0.3, -0.25) is 13.9 Å². The summed E-state index contributed by atoms with van der Waals surface area (Å²) in [6, 6.07) is 13.2. The summed E-state index contributed by atoms with van der Waals surface area (Å²) < 4.78 is 21.6. The number of halogens is 2. The Morgan fingerprint density at radius 2 is 1.87 bits per heavy atom. The molecule has 2 heterocycles. The normalized spacial score (nSPS) is 11.1. The number of hydrogen-bond acceptors (Lipinski definition) is 5. The lowest BCUT2D eigenvalue weighted by atomic mass is 10.2. The summed E-state index contributed by atoms with van der Waals surface area (Å²) in [5.41, 5.74) is -0.226. The van der Waals surface area contributed by atoms with Gasteiger partial charge in [-0.05, 0) is 17.7 Å². The van der Waals surface area contributed by atoms with Crippen LogP contribution in [0.25, 0.3) is 10.2 Å². The molecule has 0 saturated carbocycles. The molecular weight excluding hydrogens is 443 g/mol. The van der Waals surface area contributed by atoms with Crippen molar-refractivity contribution >= 4 is 39.1 Å². The molecule has 9 heteroatoms. The number of benzene rings is 2. The molecule has 0 spiro atoms. The first-order chi connectivity index (χ1) is 14.9. The van der Waals surface area contributed by atoms with Gasteiger partial charge in [-0.2, -0.15) is 0 Å². The molecule has 0 bridgehead atoms. The minimum Gasteiger partial charge on any atom is -0.457 e. The number of hydrogen-bond donors (Lipinski definition) is 0. The first-order valence-electron chi connectivity index (χ1n) is 9.23. The largest absolute Gasteiger partial charge is 0.457 e. The van der Waals surface area contributed by atoms with E-state index in [-0.39, 0.29) is 34.7 Å². The zero-order valence-electron chi connectivity index (χ0n) is 16.3. The van der Waals surface area contributed by atoms with Crippen LogP contribution < -0.4 is 11.2 Å². The van der Waals surface area contributed by atoms with E-state index in [0.29, 0.717) is 4.83 Å². The molecule has 31 heavy (non-hydrogen) atoms. The first kappa shape index (κ1) is 21.0. The molecule has 158 valence electrons. The maximum atomic E-state index is 14.0. The highest BCUT2D eigenvalue weighted by atomic mass is 35.5. The number of fused-ring (bicyclic) bond motifs is 1. The number of carbonyl (C=O) groups is 1. The third-order valence-electron chi connectivity index (χ3n) is 4.87. The van der Waals surface area contributed by atoms with Crippen molar-refractivity contribution in [2.75, 3.05) is 0 Å². The zero-order chi connectivity index (χ0) is 22.1. The summed E-state index contributed by atoms with van der Waals surface area (Å²) >= 11 is 7.06. The molecule has 0 saturated heterocycles. The summed E-state index contributed by atoms with van der Waals surface area (Å²) in [5, 5.41) is 1.69. The molecule has 2 aromatic heterocycles. The minimum atomic E-state index is -0.799. The number of thiophene rings is 1. The van der Waals surface area contributed by atoms with Crippen LogP contribution in [0, 0.1) is 5.82 Å². The van der Waals surface area contributed by atoms with E-state index in [2.05, 4.69) is 0 Å². The van der Waals surface area contributed by atoms with Crippen molar-refractivity contribution in [2.45, 2.75) is 13.2 Å². The third-order valence-corrected chi connectivity index (χ3v) is 6.27. The van der Waals surface area contributed by atoms with Crippen molar-refractivity contribution in [2.24, 2.45) is 7.05 Å². The van der Waals surface area contributed by atoms with Gasteiger partial charge in [-0.25, -0.2) is 14.0 Å². The number of aromatic nitrogens is 2. The monoisotopic (exact) mass is 458 g/mol. The van der Waals surface area contributed by atoms with Crippen molar-refractivity contribution in [3.8, 4) is 0 Å². The standard InChI is InChI=1S/C22H16ClFN2O4S/c1-25-20-18(19(27)26(22(25)29)10-13-6-3-2-4-7-13)15(12-31-20)21(28)30-11-14-16(23)8-5-9-17(14)24/h2-9,12H,10-11H2,1H3. The second kappa shape index (κ2) is 8.49. The van der Waals surface area contributed by atoms with E-state index in [4.69, 9.17) is 16.3 Å². The summed E-state index contributed by atoms with van der Waals surface area (Å²) in [7, 11) is 1.54. The van der Waals surface area contributed by atoms with E-state index < -0.39 is 23.0 Å². The molecule has 4 rings (SSSR count). The van der Waals surface area contributed by atoms with Gasteiger partial charge in [-0.1, -0.05) is 48.0 Å². The highest BCUT2D eigenvalue weighted by Crippen LogP contribution is 2.24. The zero-order valence-corrected chi connectivity index (χ0v) is 17.9. The minimum absolute atomic E-state index is 0.0230. The quantitative estimate of drug-likeness (QED) is 0.424. The molecule has 0 fully saturated rings. The van der Waals surface area contributed by atoms with Gasteiger partial charge in [0.15, 0.2) is 0 Å². The maximum Gasteiger partial charge on any atom is 0.340 e. The lowest BCUT2D eigenvalue weighted by Crippen LogP contribution is -2.39. The van der Waals surface area contributed by atoms with Crippen molar-refractivity contribution in [1.82, 2.24) is 9.13 Å². The van der Waals surface area contributed by atoms with Gasteiger partial charge < -0.3 is 4.74 Å². The fourth-order valence-electron chi connectivity index (χ4n) is 3.23. The Labute approximate surface area is 184 Å². The smallest absolute Gasteiger partial charge is 0.340 e. The fraction of sp³-hybridized carbons (Fsp3) is 0.136. The topological polar surface area (TPSA) is 70.3 Å². The van der Waals surface area contributed by atoms with Crippen LogP contribution in [0.2, 0.25) is 5.02 Å².